The van der Waals surface area contributed by atoms with Gasteiger partial charge in [0, 0.05) is 25.6 Å². The quantitative estimate of drug-likeness (QED) is 0.744. The number of likely N-dealkylation sites (tertiary alicyclic amines) is 1. The highest BCUT2D eigenvalue weighted by atomic mass is 16.2. The smallest absolute Gasteiger partial charge is 0.225 e. The Bertz CT molecular complexity index is 328. The molecule has 2 amide bonds. The molecule has 20 heavy (non-hydrogen) atoms. The molecule has 1 aliphatic rings. The molecule has 4 nitrogen and oxygen atoms in total. The molecule has 1 heterocycles. The molecule has 0 spiro atoms. The summed E-state index contributed by atoms with van der Waals surface area (Å²) >= 11 is 0. The molecule has 1 fully saturated rings. The minimum atomic E-state index is -0.159. The van der Waals surface area contributed by atoms with Crippen LogP contribution < -0.4 is 5.32 Å². The zero-order chi connectivity index (χ0) is 15.1. The van der Waals surface area contributed by atoms with Gasteiger partial charge in [-0.25, -0.2) is 0 Å². The van der Waals surface area contributed by atoms with Crippen LogP contribution >= 0.6 is 0 Å². The van der Waals surface area contributed by atoms with E-state index in [-0.39, 0.29) is 23.8 Å². The van der Waals surface area contributed by atoms with Crippen molar-refractivity contribution in [2.45, 2.75) is 65.8 Å². The summed E-state index contributed by atoms with van der Waals surface area (Å²) in [6, 6.07) is 0.188. The number of nitrogens with zero attached hydrogens (tertiary/aromatic N) is 1. The number of carbonyl (C=O) groups excluding carboxylic acids is 2. The van der Waals surface area contributed by atoms with Gasteiger partial charge in [0.15, 0.2) is 0 Å². The molecule has 0 radical (unpaired) electrons. The summed E-state index contributed by atoms with van der Waals surface area (Å²) < 4.78 is 0. The highest BCUT2D eigenvalue weighted by Crippen LogP contribution is 2.20. The van der Waals surface area contributed by atoms with Crippen molar-refractivity contribution in [3.8, 4) is 0 Å². The van der Waals surface area contributed by atoms with Crippen molar-refractivity contribution in [1.82, 2.24) is 10.2 Å². The van der Waals surface area contributed by atoms with E-state index in [1.807, 2.05) is 13.8 Å². The summed E-state index contributed by atoms with van der Waals surface area (Å²) in [5, 5.41) is 3.05. The number of rotatable bonds is 8. The third kappa shape index (κ3) is 4.80. The molecule has 0 aromatic carbocycles. The minimum Gasteiger partial charge on any atom is -0.356 e. The molecule has 1 saturated heterocycles. The summed E-state index contributed by atoms with van der Waals surface area (Å²) in [5.41, 5.74) is 0. The van der Waals surface area contributed by atoms with E-state index < -0.39 is 0 Å². The van der Waals surface area contributed by atoms with Gasteiger partial charge in [-0.3, -0.25) is 9.59 Å². The number of hydrogen-bond donors (Lipinski definition) is 1. The maximum Gasteiger partial charge on any atom is 0.225 e. The van der Waals surface area contributed by atoms with Gasteiger partial charge in [-0.15, -0.1) is 0 Å². The Morgan fingerprint density at radius 2 is 2.10 bits per heavy atom. The zero-order valence-electron chi connectivity index (χ0n) is 13.4. The molecule has 0 aromatic rings. The summed E-state index contributed by atoms with van der Waals surface area (Å²) in [7, 11) is 0. The summed E-state index contributed by atoms with van der Waals surface area (Å²) in [6.07, 6.45) is 5.06. The second-order valence-corrected chi connectivity index (χ2v) is 6.20. The van der Waals surface area contributed by atoms with Crippen LogP contribution in [0.4, 0.5) is 0 Å². The largest absolute Gasteiger partial charge is 0.356 e. The summed E-state index contributed by atoms with van der Waals surface area (Å²) in [5.74, 6) is 0.570. The fraction of sp³-hybridized carbons (Fsp3) is 0.875. The standard InChI is InChI=1S/C16H30N2O2/c1-5-7-8-13(6-2)10-17-16(20)14-9-15(19)18(11-14)12(3)4/h12-14H,5-11H2,1-4H3,(H,17,20)/t13-,14-/m0/s1. The third-order valence-corrected chi connectivity index (χ3v) is 4.26. The molecule has 0 unspecified atom stereocenters. The van der Waals surface area contributed by atoms with Crippen LogP contribution in [-0.4, -0.2) is 35.8 Å². The molecule has 2 atom stereocenters. The Morgan fingerprint density at radius 3 is 2.60 bits per heavy atom. The van der Waals surface area contributed by atoms with Crippen molar-refractivity contribution >= 4 is 11.8 Å². The Hall–Kier alpha value is -1.06. The van der Waals surface area contributed by atoms with Gasteiger partial charge in [0.25, 0.3) is 0 Å². The zero-order valence-corrected chi connectivity index (χ0v) is 13.4. The van der Waals surface area contributed by atoms with E-state index >= 15 is 0 Å². The molecule has 0 bridgehead atoms. The fourth-order valence-corrected chi connectivity index (χ4v) is 2.74. The molecular formula is C16H30N2O2. The van der Waals surface area contributed by atoms with Crippen LogP contribution in [0.5, 0.6) is 0 Å². The molecule has 1 N–H and O–H groups in total. The number of hydrogen-bond acceptors (Lipinski definition) is 2. The normalized spacial score (nSPS) is 20.6. The lowest BCUT2D eigenvalue weighted by atomic mass is 9.99. The van der Waals surface area contributed by atoms with E-state index in [0.29, 0.717) is 18.9 Å². The molecule has 4 heteroatoms. The van der Waals surface area contributed by atoms with Gasteiger partial charge < -0.3 is 10.2 Å². The van der Waals surface area contributed by atoms with Crippen molar-refractivity contribution in [2.75, 3.05) is 13.1 Å². The first-order valence-corrected chi connectivity index (χ1v) is 8.06. The molecule has 1 rings (SSSR count). The highest BCUT2D eigenvalue weighted by molar-refractivity contribution is 5.89. The van der Waals surface area contributed by atoms with Crippen LogP contribution in [0.25, 0.3) is 0 Å². The lowest BCUT2D eigenvalue weighted by molar-refractivity contribution is -0.130. The van der Waals surface area contributed by atoms with E-state index in [2.05, 4.69) is 19.2 Å². The molecule has 1 aliphatic heterocycles. The first-order valence-electron chi connectivity index (χ1n) is 8.06. The predicted molar refractivity (Wildman–Crippen MR) is 81.3 cm³/mol. The van der Waals surface area contributed by atoms with E-state index in [4.69, 9.17) is 0 Å². The maximum absolute atomic E-state index is 12.2. The van der Waals surface area contributed by atoms with Crippen molar-refractivity contribution in [2.24, 2.45) is 11.8 Å². The van der Waals surface area contributed by atoms with E-state index in [1.54, 1.807) is 4.90 Å². The average Bonchev–Trinajstić information content (AvgIpc) is 2.81. The van der Waals surface area contributed by atoms with E-state index in [0.717, 1.165) is 13.0 Å². The van der Waals surface area contributed by atoms with Gasteiger partial charge in [-0.2, -0.15) is 0 Å². The second kappa shape index (κ2) is 8.28. The third-order valence-electron chi connectivity index (χ3n) is 4.26. The topological polar surface area (TPSA) is 49.4 Å². The van der Waals surface area contributed by atoms with Gasteiger partial charge in [0.05, 0.1) is 5.92 Å². The van der Waals surface area contributed by atoms with Gasteiger partial charge in [0.2, 0.25) is 11.8 Å². The lowest BCUT2D eigenvalue weighted by Gasteiger charge is -2.21. The van der Waals surface area contributed by atoms with Crippen LogP contribution in [0.2, 0.25) is 0 Å². The number of amides is 2. The first kappa shape index (κ1) is 17.0. The van der Waals surface area contributed by atoms with Crippen LogP contribution in [0.15, 0.2) is 0 Å². The van der Waals surface area contributed by atoms with Gasteiger partial charge in [0.1, 0.15) is 0 Å². The molecule has 0 aliphatic carbocycles. The Balaban J connectivity index is 2.38. The van der Waals surface area contributed by atoms with Crippen molar-refractivity contribution in [1.29, 1.82) is 0 Å². The van der Waals surface area contributed by atoms with Crippen molar-refractivity contribution in [3.05, 3.63) is 0 Å². The Morgan fingerprint density at radius 1 is 1.40 bits per heavy atom. The van der Waals surface area contributed by atoms with Crippen LogP contribution in [0, 0.1) is 11.8 Å². The van der Waals surface area contributed by atoms with Crippen LogP contribution in [0.1, 0.15) is 59.8 Å². The highest BCUT2D eigenvalue weighted by Gasteiger charge is 2.35. The molecule has 116 valence electrons. The molecule has 0 saturated carbocycles. The van der Waals surface area contributed by atoms with Gasteiger partial charge >= 0.3 is 0 Å². The second-order valence-electron chi connectivity index (χ2n) is 6.20. The Kier molecular flexibility index (Phi) is 7.03. The van der Waals surface area contributed by atoms with Crippen molar-refractivity contribution < 1.29 is 9.59 Å². The maximum atomic E-state index is 12.2. The Labute approximate surface area is 123 Å². The van der Waals surface area contributed by atoms with Crippen LogP contribution in [-0.2, 0) is 9.59 Å². The van der Waals surface area contributed by atoms with Crippen LogP contribution in [0.3, 0.4) is 0 Å². The van der Waals surface area contributed by atoms with Crippen molar-refractivity contribution in [3.63, 3.8) is 0 Å². The SMILES string of the molecule is CCCC[C@H](CC)CNC(=O)[C@H]1CC(=O)N(C(C)C)C1. The monoisotopic (exact) mass is 282 g/mol. The minimum absolute atomic E-state index is 0.0523. The number of unbranched alkanes of at least 4 members (excludes halogenated alkanes) is 1. The fourth-order valence-electron chi connectivity index (χ4n) is 2.74. The lowest BCUT2D eigenvalue weighted by Crippen LogP contribution is -2.37. The van der Waals surface area contributed by atoms with E-state index in [9.17, 15) is 9.59 Å². The van der Waals surface area contributed by atoms with Gasteiger partial charge in [-0.1, -0.05) is 33.1 Å². The number of carbonyl (C=O) groups is 2. The first-order chi connectivity index (χ1) is 9.49. The molecule has 0 aromatic heterocycles. The van der Waals surface area contributed by atoms with E-state index in [1.165, 1.54) is 19.3 Å². The van der Waals surface area contributed by atoms with Gasteiger partial charge in [-0.05, 0) is 26.2 Å². The number of nitrogens with one attached hydrogen (secondary N) is 1. The average molecular weight is 282 g/mol. The summed E-state index contributed by atoms with van der Waals surface area (Å²) in [6.45, 7) is 9.68. The summed E-state index contributed by atoms with van der Waals surface area (Å²) in [4.78, 5) is 25.8. The molecular weight excluding hydrogens is 252 g/mol. The predicted octanol–water partition coefficient (Wildman–Crippen LogP) is 2.58.